The van der Waals surface area contributed by atoms with Crippen LogP contribution in [0.25, 0.3) is 0 Å². The van der Waals surface area contributed by atoms with Crippen LogP contribution in [0, 0.1) is 6.92 Å². The highest BCUT2D eigenvalue weighted by atomic mass is 35.5. The Bertz CT molecular complexity index is 876. The lowest BCUT2D eigenvalue weighted by Crippen LogP contribution is -2.19. The molecule has 5 nitrogen and oxygen atoms in total. The van der Waals surface area contributed by atoms with Crippen molar-refractivity contribution in [3.05, 3.63) is 86.6 Å². The van der Waals surface area contributed by atoms with Crippen molar-refractivity contribution >= 4 is 17.5 Å². The number of aryl methyl sites for hydroxylation is 1. The standard InChI is InChI=1S/C18H17ClN4O/c1-12-16(9-13-4-6-15(19)7-5-13)17(24)23-18(22-12)21-11-14-3-2-8-20-10-14/h2-8,10H,9,11H2,1H3,(H2,21,22,23,24). The third kappa shape index (κ3) is 4.00. The number of benzene rings is 1. The molecule has 3 rings (SSSR count). The lowest BCUT2D eigenvalue weighted by molar-refractivity contribution is 0.955. The quantitative estimate of drug-likeness (QED) is 0.747. The molecule has 1 aromatic carbocycles. The van der Waals surface area contributed by atoms with Gasteiger partial charge in [-0.25, -0.2) is 4.98 Å². The smallest absolute Gasteiger partial charge is 0.256 e. The van der Waals surface area contributed by atoms with Crippen LogP contribution >= 0.6 is 11.6 Å². The molecule has 0 unspecified atom stereocenters. The lowest BCUT2D eigenvalue weighted by atomic mass is 10.1. The zero-order valence-corrected chi connectivity index (χ0v) is 14.0. The third-order valence-electron chi connectivity index (χ3n) is 3.70. The van der Waals surface area contributed by atoms with E-state index in [4.69, 9.17) is 11.6 Å². The van der Waals surface area contributed by atoms with Crippen LogP contribution in [0.2, 0.25) is 5.02 Å². The number of aromatic amines is 1. The molecule has 2 N–H and O–H groups in total. The lowest BCUT2D eigenvalue weighted by Gasteiger charge is -2.09. The summed E-state index contributed by atoms with van der Waals surface area (Å²) in [7, 11) is 0. The van der Waals surface area contributed by atoms with Gasteiger partial charge in [0.05, 0.1) is 5.69 Å². The van der Waals surface area contributed by atoms with Crippen molar-refractivity contribution in [1.29, 1.82) is 0 Å². The van der Waals surface area contributed by atoms with Crippen LogP contribution in [0.4, 0.5) is 5.95 Å². The van der Waals surface area contributed by atoms with E-state index in [0.717, 1.165) is 11.1 Å². The molecule has 6 heteroatoms. The van der Waals surface area contributed by atoms with Gasteiger partial charge in [-0.3, -0.25) is 14.8 Å². The Kier molecular flexibility index (Phi) is 4.91. The molecule has 0 fully saturated rings. The number of rotatable bonds is 5. The number of hydrogen-bond acceptors (Lipinski definition) is 4. The number of pyridine rings is 1. The largest absolute Gasteiger partial charge is 0.352 e. The summed E-state index contributed by atoms with van der Waals surface area (Å²) in [6, 6.07) is 11.3. The van der Waals surface area contributed by atoms with Gasteiger partial charge >= 0.3 is 0 Å². The van der Waals surface area contributed by atoms with Crippen molar-refractivity contribution in [1.82, 2.24) is 15.0 Å². The molecule has 0 saturated carbocycles. The molecular weight excluding hydrogens is 324 g/mol. The molecule has 0 radical (unpaired) electrons. The SMILES string of the molecule is Cc1nc(NCc2cccnc2)[nH]c(=O)c1Cc1ccc(Cl)cc1. The molecule has 0 amide bonds. The van der Waals surface area contributed by atoms with Gasteiger partial charge in [-0.05, 0) is 36.2 Å². The van der Waals surface area contributed by atoms with Gasteiger partial charge < -0.3 is 5.32 Å². The fourth-order valence-electron chi connectivity index (χ4n) is 2.40. The summed E-state index contributed by atoms with van der Waals surface area (Å²) in [6.45, 7) is 2.39. The molecule has 0 aliphatic carbocycles. The van der Waals surface area contributed by atoms with Crippen LogP contribution in [0.15, 0.2) is 53.6 Å². The van der Waals surface area contributed by atoms with Gasteiger partial charge in [0.2, 0.25) is 5.95 Å². The molecule has 0 bridgehead atoms. The monoisotopic (exact) mass is 340 g/mol. The first kappa shape index (κ1) is 16.2. The van der Waals surface area contributed by atoms with Crippen molar-refractivity contribution in [3.8, 4) is 0 Å². The second-order valence-corrected chi connectivity index (χ2v) is 5.93. The first-order valence-corrected chi connectivity index (χ1v) is 7.96. The molecule has 2 aromatic heterocycles. The van der Waals surface area contributed by atoms with Gasteiger partial charge in [-0.15, -0.1) is 0 Å². The van der Waals surface area contributed by atoms with Crippen LogP contribution in [-0.2, 0) is 13.0 Å². The van der Waals surface area contributed by atoms with E-state index in [0.29, 0.717) is 35.2 Å². The molecule has 24 heavy (non-hydrogen) atoms. The van der Waals surface area contributed by atoms with Gasteiger partial charge in [0.25, 0.3) is 5.56 Å². The van der Waals surface area contributed by atoms with E-state index in [1.165, 1.54) is 0 Å². The molecular formula is C18H17ClN4O. The number of aromatic nitrogens is 3. The topological polar surface area (TPSA) is 70.7 Å². The zero-order valence-electron chi connectivity index (χ0n) is 13.2. The summed E-state index contributed by atoms with van der Waals surface area (Å²) in [6.07, 6.45) is 4.01. The first-order chi connectivity index (χ1) is 11.6. The summed E-state index contributed by atoms with van der Waals surface area (Å²) in [4.78, 5) is 23.7. The number of hydrogen-bond donors (Lipinski definition) is 2. The molecule has 0 aliphatic rings. The highest BCUT2D eigenvalue weighted by Crippen LogP contribution is 2.14. The van der Waals surface area contributed by atoms with Crippen LogP contribution in [-0.4, -0.2) is 15.0 Å². The fourth-order valence-corrected chi connectivity index (χ4v) is 2.52. The zero-order chi connectivity index (χ0) is 16.9. The van der Waals surface area contributed by atoms with E-state index in [1.807, 2.05) is 43.3 Å². The van der Waals surface area contributed by atoms with Crippen LogP contribution < -0.4 is 10.9 Å². The Morgan fingerprint density at radius 3 is 2.62 bits per heavy atom. The van der Waals surface area contributed by atoms with E-state index in [2.05, 4.69) is 20.3 Å². The Labute approximate surface area is 144 Å². The summed E-state index contributed by atoms with van der Waals surface area (Å²) in [5, 5.41) is 3.80. The fraction of sp³-hybridized carbons (Fsp3) is 0.167. The molecule has 0 atom stereocenters. The second kappa shape index (κ2) is 7.27. The third-order valence-corrected chi connectivity index (χ3v) is 3.95. The van der Waals surface area contributed by atoms with Crippen molar-refractivity contribution < 1.29 is 0 Å². The Hall–Kier alpha value is -2.66. The number of H-pyrrole nitrogens is 1. The number of anilines is 1. The molecule has 0 spiro atoms. The van der Waals surface area contributed by atoms with Crippen molar-refractivity contribution in [3.63, 3.8) is 0 Å². The Morgan fingerprint density at radius 2 is 1.96 bits per heavy atom. The number of halogens is 1. The van der Waals surface area contributed by atoms with E-state index < -0.39 is 0 Å². The van der Waals surface area contributed by atoms with E-state index in [9.17, 15) is 4.79 Å². The van der Waals surface area contributed by atoms with Gasteiger partial charge in [0.15, 0.2) is 0 Å². The molecule has 0 aliphatic heterocycles. The van der Waals surface area contributed by atoms with Crippen LogP contribution in [0.1, 0.15) is 22.4 Å². The maximum absolute atomic E-state index is 12.4. The molecule has 122 valence electrons. The highest BCUT2D eigenvalue weighted by Gasteiger charge is 2.09. The molecule has 0 saturated heterocycles. The van der Waals surface area contributed by atoms with Gasteiger partial charge in [-0.2, -0.15) is 0 Å². The van der Waals surface area contributed by atoms with Crippen molar-refractivity contribution in [2.24, 2.45) is 0 Å². The molecule has 3 aromatic rings. The summed E-state index contributed by atoms with van der Waals surface area (Å²) < 4.78 is 0. The van der Waals surface area contributed by atoms with Crippen LogP contribution in [0.5, 0.6) is 0 Å². The summed E-state index contributed by atoms with van der Waals surface area (Å²) in [5.41, 5.74) is 3.27. The summed E-state index contributed by atoms with van der Waals surface area (Å²) >= 11 is 5.89. The second-order valence-electron chi connectivity index (χ2n) is 5.50. The maximum atomic E-state index is 12.4. The van der Waals surface area contributed by atoms with Gasteiger partial charge in [-0.1, -0.05) is 29.8 Å². The predicted molar refractivity (Wildman–Crippen MR) is 95.4 cm³/mol. The normalized spacial score (nSPS) is 10.6. The Balaban J connectivity index is 1.76. The average molecular weight is 341 g/mol. The summed E-state index contributed by atoms with van der Waals surface area (Å²) in [5.74, 6) is 0.459. The van der Waals surface area contributed by atoms with E-state index >= 15 is 0 Å². The minimum Gasteiger partial charge on any atom is -0.352 e. The maximum Gasteiger partial charge on any atom is 0.256 e. The van der Waals surface area contributed by atoms with Crippen molar-refractivity contribution in [2.45, 2.75) is 19.9 Å². The minimum atomic E-state index is -0.133. The highest BCUT2D eigenvalue weighted by molar-refractivity contribution is 6.30. The average Bonchev–Trinajstić information content (AvgIpc) is 2.59. The van der Waals surface area contributed by atoms with Gasteiger partial charge in [0, 0.05) is 35.9 Å². The van der Waals surface area contributed by atoms with Gasteiger partial charge in [0.1, 0.15) is 0 Å². The minimum absolute atomic E-state index is 0.133. The Morgan fingerprint density at radius 1 is 1.17 bits per heavy atom. The number of nitrogens with zero attached hydrogens (tertiary/aromatic N) is 2. The first-order valence-electron chi connectivity index (χ1n) is 7.59. The molecule has 2 heterocycles. The predicted octanol–water partition coefficient (Wildman–Crippen LogP) is 3.33. The van der Waals surface area contributed by atoms with E-state index in [-0.39, 0.29) is 5.56 Å². The number of nitrogens with one attached hydrogen (secondary N) is 2. The van der Waals surface area contributed by atoms with Crippen molar-refractivity contribution in [2.75, 3.05) is 5.32 Å². The van der Waals surface area contributed by atoms with Crippen LogP contribution in [0.3, 0.4) is 0 Å². The van der Waals surface area contributed by atoms with E-state index in [1.54, 1.807) is 12.4 Å².